The minimum Gasteiger partial charge on any atom is -0.502 e. The summed E-state index contributed by atoms with van der Waals surface area (Å²) in [4.78, 5) is 25.8. The van der Waals surface area contributed by atoms with Gasteiger partial charge in [0.05, 0.1) is 22.0 Å². The van der Waals surface area contributed by atoms with Crippen LogP contribution in [-0.2, 0) is 0 Å². The molecule has 0 spiro atoms. The van der Waals surface area contributed by atoms with E-state index in [-0.39, 0.29) is 11.5 Å². The number of phenolic OH excluding ortho intramolecular Hbond substituents is 1. The molecule has 10 heteroatoms. The number of benzene rings is 1. The highest BCUT2D eigenvalue weighted by Gasteiger charge is 2.36. The molecule has 1 aliphatic heterocycles. The second-order valence-corrected chi connectivity index (χ2v) is 7.18. The Hall–Kier alpha value is -2.93. The second kappa shape index (κ2) is 7.13. The van der Waals surface area contributed by atoms with Crippen LogP contribution in [0.4, 0.5) is 11.4 Å². The van der Waals surface area contributed by atoms with E-state index in [2.05, 4.69) is 11.1 Å². The number of allylic oxidation sites excluding steroid dienone is 1. The van der Waals surface area contributed by atoms with E-state index in [1.54, 1.807) is 0 Å². The van der Waals surface area contributed by atoms with Gasteiger partial charge >= 0.3 is 5.69 Å². The van der Waals surface area contributed by atoms with E-state index in [9.17, 15) is 30.6 Å². The third kappa shape index (κ3) is 3.25. The number of phenols is 1. The molecular formula is C16H14N4O5S. The molecule has 26 heavy (non-hydrogen) atoms. The smallest absolute Gasteiger partial charge is 0.318 e. The predicted octanol–water partition coefficient (Wildman–Crippen LogP) is 3.67. The first kappa shape index (κ1) is 17.9. The Kier molecular flexibility index (Phi) is 4.90. The largest absolute Gasteiger partial charge is 0.502 e. The first-order valence-corrected chi connectivity index (χ1v) is 8.77. The molecule has 134 valence electrons. The van der Waals surface area contributed by atoms with E-state index < -0.39 is 32.3 Å². The van der Waals surface area contributed by atoms with Crippen molar-refractivity contribution >= 4 is 29.4 Å². The molecular weight excluding hydrogens is 360 g/mol. The van der Waals surface area contributed by atoms with Crippen molar-refractivity contribution in [3.05, 3.63) is 48.4 Å². The van der Waals surface area contributed by atoms with Crippen LogP contribution in [0.5, 0.6) is 5.75 Å². The average molecular weight is 374 g/mol. The molecule has 2 atom stereocenters. The lowest BCUT2D eigenvalue weighted by molar-refractivity contribution is -0.394. The fourth-order valence-electron chi connectivity index (χ4n) is 3.13. The Morgan fingerprint density at radius 2 is 2.00 bits per heavy atom. The van der Waals surface area contributed by atoms with Crippen LogP contribution in [-0.4, -0.2) is 26.5 Å². The monoisotopic (exact) mass is 374 g/mol. The van der Waals surface area contributed by atoms with Gasteiger partial charge in [-0.15, -0.1) is 11.8 Å². The zero-order valence-electron chi connectivity index (χ0n) is 13.5. The fourth-order valence-corrected chi connectivity index (χ4v) is 4.55. The quantitative estimate of drug-likeness (QED) is 0.481. The van der Waals surface area contributed by atoms with Gasteiger partial charge in [-0.2, -0.15) is 5.26 Å². The molecule has 1 aliphatic carbocycles. The van der Waals surface area contributed by atoms with Crippen molar-refractivity contribution < 1.29 is 15.0 Å². The predicted molar refractivity (Wildman–Crippen MR) is 95.0 cm³/mol. The third-order valence-electron chi connectivity index (χ3n) is 4.39. The van der Waals surface area contributed by atoms with Gasteiger partial charge in [0.2, 0.25) is 5.75 Å². The summed E-state index contributed by atoms with van der Waals surface area (Å²) in [6.45, 7) is 0. The Morgan fingerprint density at radius 1 is 1.27 bits per heavy atom. The Labute approximate surface area is 152 Å². The van der Waals surface area contributed by atoms with Crippen LogP contribution >= 0.6 is 11.8 Å². The standard InChI is InChI=1S/C16H14N4O5S/c17-7-12-11-3-1-2-4-14(11)26-16(12)18-8-9-5-10(19(22)23)6-13(15(9)21)20(24)25/h5-6,8,12,16,21H,1-4H2/t12-,16+/m0/s1. The van der Waals surface area contributed by atoms with E-state index in [4.69, 9.17) is 0 Å². The van der Waals surface area contributed by atoms with Crippen LogP contribution in [0.1, 0.15) is 31.2 Å². The fraction of sp³-hybridized carbons (Fsp3) is 0.375. The van der Waals surface area contributed by atoms with Crippen LogP contribution in [0.15, 0.2) is 27.6 Å². The van der Waals surface area contributed by atoms with Gasteiger partial charge in [0, 0.05) is 17.8 Å². The molecule has 1 aromatic carbocycles. The molecule has 9 nitrogen and oxygen atoms in total. The summed E-state index contributed by atoms with van der Waals surface area (Å²) in [5.74, 6) is -1.07. The summed E-state index contributed by atoms with van der Waals surface area (Å²) >= 11 is 1.48. The van der Waals surface area contributed by atoms with Crippen LogP contribution in [0, 0.1) is 37.5 Å². The highest BCUT2D eigenvalue weighted by Crippen LogP contribution is 2.49. The first-order chi connectivity index (χ1) is 12.4. The molecule has 0 saturated carbocycles. The van der Waals surface area contributed by atoms with Gasteiger partial charge in [0.25, 0.3) is 5.69 Å². The number of hydrogen-bond donors (Lipinski definition) is 1. The zero-order chi connectivity index (χ0) is 18.8. The minimum absolute atomic E-state index is 0.118. The summed E-state index contributed by atoms with van der Waals surface area (Å²) in [7, 11) is 0. The van der Waals surface area contributed by atoms with E-state index in [1.807, 2.05) is 0 Å². The van der Waals surface area contributed by atoms with Crippen molar-refractivity contribution in [2.75, 3.05) is 0 Å². The number of nitro benzene ring substituents is 2. The van der Waals surface area contributed by atoms with Gasteiger partial charge in [0.15, 0.2) is 0 Å². The third-order valence-corrected chi connectivity index (χ3v) is 5.78. The minimum atomic E-state index is -0.887. The number of nitrogens with zero attached hydrogens (tertiary/aromatic N) is 4. The van der Waals surface area contributed by atoms with Gasteiger partial charge in [-0.1, -0.05) is 0 Å². The van der Waals surface area contributed by atoms with Crippen LogP contribution < -0.4 is 0 Å². The summed E-state index contributed by atoms with van der Waals surface area (Å²) < 4.78 is 0. The molecule has 2 aliphatic rings. The molecule has 3 rings (SSSR count). The van der Waals surface area contributed by atoms with Gasteiger partial charge in [-0.05, 0) is 36.2 Å². The zero-order valence-corrected chi connectivity index (χ0v) is 14.3. The highest BCUT2D eigenvalue weighted by molar-refractivity contribution is 8.04. The van der Waals surface area contributed by atoms with E-state index in [0.29, 0.717) is 6.07 Å². The van der Waals surface area contributed by atoms with Crippen LogP contribution in [0.2, 0.25) is 0 Å². The van der Waals surface area contributed by atoms with Crippen LogP contribution in [0.25, 0.3) is 0 Å². The number of nitro groups is 2. The lowest BCUT2D eigenvalue weighted by Gasteiger charge is -2.14. The average Bonchev–Trinajstić information content (AvgIpc) is 2.97. The van der Waals surface area contributed by atoms with Gasteiger partial charge in [-0.25, -0.2) is 0 Å². The molecule has 1 N–H and O–H groups in total. The molecule has 0 amide bonds. The maximum atomic E-state index is 11.0. The van der Waals surface area contributed by atoms with Gasteiger partial charge < -0.3 is 5.11 Å². The second-order valence-electron chi connectivity index (χ2n) is 5.97. The van der Waals surface area contributed by atoms with Crippen molar-refractivity contribution in [3.63, 3.8) is 0 Å². The molecule has 0 radical (unpaired) electrons. The van der Waals surface area contributed by atoms with Crippen molar-refractivity contribution in [2.45, 2.75) is 31.1 Å². The molecule has 0 bridgehead atoms. The van der Waals surface area contributed by atoms with Crippen molar-refractivity contribution in [2.24, 2.45) is 10.9 Å². The Balaban J connectivity index is 1.92. The topological polar surface area (TPSA) is 143 Å². The molecule has 1 heterocycles. The number of rotatable bonds is 4. The number of thioether (sulfide) groups is 1. The molecule has 1 aromatic rings. The van der Waals surface area contributed by atoms with E-state index >= 15 is 0 Å². The maximum absolute atomic E-state index is 11.0. The number of aliphatic imine (C=N–C) groups is 1. The molecule has 0 aromatic heterocycles. The van der Waals surface area contributed by atoms with Crippen molar-refractivity contribution in [1.29, 1.82) is 5.26 Å². The molecule has 0 fully saturated rings. The lowest BCUT2D eigenvalue weighted by Crippen LogP contribution is -2.11. The number of aromatic hydroxyl groups is 1. The lowest BCUT2D eigenvalue weighted by atomic mass is 9.90. The number of non-ortho nitro benzene ring substituents is 1. The Bertz CT molecular complexity index is 889. The summed E-state index contributed by atoms with van der Waals surface area (Å²) in [5, 5.41) is 41.1. The van der Waals surface area contributed by atoms with Gasteiger partial charge in [0.1, 0.15) is 11.3 Å². The maximum Gasteiger partial charge on any atom is 0.318 e. The summed E-state index contributed by atoms with van der Waals surface area (Å²) in [5.41, 5.74) is -0.286. The van der Waals surface area contributed by atoms with Gasteiger partial charge in [-0.3, -0.25) is 25.2 Å². The first-order valence-electron chi connectivity index (χ1n) is 7.89. The van der Waals surface area contributed by atoms with E-state index in [1.165, 1.54) is 22.9 Å². The van der Waals surface area contributed by atoms with E-state index in [0.717, 1.165) is 37.3 Å². The van der Waals surface area contributed by atoms with Crippen LogP contribution in [0.3, 0.4) is 0 Å². The number of hydrogen-bond acceptors (Lipinski definition) is 8. The SMILES string of the molecule is N#C[C@H]1C2=C(CCCC2)S[C@H]1N=Cc1cc([N+](=O)[O-])cc([N+](=O)[O-])c1O. The number of nitriles is 1. The molecule has 0 saturated heterocycles. The van der Waals surface area contributed by atoms with Crippen molar-refractivity contribution in [3.8, 4) is 11.8 Å². The van der Waals surface area contributed by atoms with Crippen molar-refractivity contribution in [1.82, 2.24) is 0 Å². The summed E-state index contributed by atoms with van der Waals surface area (Å²) in [6.07, 6.45) is 5.05. The highest BCUT2D eigenvalue weighted by atomic mass is 32.2. The molecule has 0 unspecified atom stereocenters. The normalized spacial score (nSPS) is 22.3. The summed E-state index contributed by atoms with van der Waals surface area (Å²) in [6, 6.07) is 3.98. The Morgan fingerprint density at radius 3 is 2.65 bits per heavy atom.